The van der Waals surface area contributed by atoms with Crippen LogP contribution in [0.2, 0.25) is 0 Å². The van der Waals surface area contributed by atoms with Crippen LogP contribution >= 0.6 is 11.5 Å². The van der Waals surface area contributed by atoms with E-state index in [1.165, 1.54) is 17.2 Å². The first-order valence-corrected chi connectivity index (χ1v) is 6.66. The zero-order chi connectivity index (χ0) is 12.1. The number of nitrogens with zero attached hydrogens (tertiary/aromatic N) is 4. The van der Waals surface area contributed by atoms with Crippen molar-refractivity contribution < 1.29 is 0 Å². The third-order valence-corrected chi connectivity index (χ3v) is 3.33. The van der Waals surface area contributed by atoms with Crippen LogP contribution in [-0.2, 0) is 6.54 Å². The summed E-state index contributed by atoms with van der Waals surface area (Å²) >= 11 is 1.43. The second-order valence-electron chi connectivity index (χ2n) is 3.78. The molecule has 0 aliphatic rings. The van der Waals surface area contributed by atoms with Crippen molar-refractivity contribution in [2.75, 3.05) is 6.54 Å². The number of hydrogen-bond acceptors (Lipinski definition) is 5. The monoisotopic (exact) mass is 251 g/mol. The molecule has 2 rings (SSSR count). The normalized spacial score (nSPS) is 12.8. The lowest BCUT2D eigenvalue weighted by molar-refractivity contribution is 0.534. The summed E-state index contributed by atoms with van der Waals surface area (Å²) in [7, 11) is 0. The Morgan fingerprint density at radius 1 is 1.47 bits per heavy atom. The van der Waals surface area contributed by atoms with Gasteiger partial charge in [0.05, 0.1) is 22.8 Å². The molecule has 0 aliphatic heterocycles. The second-order valence-corrected chi connectivity index (χ2v) is 4.60. The van der Waals surface area contributed by atoms with E-state index in [-0.39, 0.29) is 6.04 Å². The van der Waals surface area contributed by atoms with Crippen LogP contribution < -0.4 is 5.32 Å². The summed E-state index contributed by atoms with van der Waals surface area (Å²) in [5, 5.41) is 11.7. The van der Waals surface area contributed by atoms with Crippen molar-refractivity contribution >= 4 is 11.5 Å². The van der Waals surface area contributed by atoms with E-state index >= 15 is 0 Å². The fourth-order valence-corrected chi connectivity index (χ4v) is 2.39. The van der Waals surface area contributed by atoms with Crippen molar-refractivity contribution in [3.8, 4) is 0 Å². The van der Waals surface area contributed by atoms with E-state index in [9.17, 15) is 0 Å². The molecule has 6 heteroatoms. The van der Waals surface area contributed by atoms with Crippen LogP contribution in [0.4, 0.5) is 0 Å². The highest BCUT2D eigenvalue weighted by molar-refractivity contribution is 7.05. The summed E-state index contributed by atoms with van der Waals surface area (Å²) in [6.07, 6.45) is 4.77. The zero-order valence-corrected chi connectivity index (χ0v) is 10.9. The molecular weight excluding hydrogens is 234 g/mol. The van der Waals surface area contributed by atoms with E-state index < -0.39 is 0 Å². The number of aromatic nitrogens is 4. The smallest absolute Gasteiger partial charge is 0.0874 e. The Balaban J connectivity index is 2.27. The molecule has 0 bridgehead atoms. The predicted octanol–water partition coefficient (Wildman–Crippen LogP) is 1.84. The van der Waals surface area contributed by atoms with Gasteiger partial charge >= 0.3 is 0 Å². The molecule has 92 valence electrons. The topological polar surface area (TPSA) is 55.6 Å². The summed E-state index contributed by atoms with van der Waals surface area (Å²) in [6.45, 7) is 6.10. The van der Waals surface area contributed by atoms with Gasteiger partial charge in [-0.1, -0.05) is 11.4 Å². The van der Waals surface area contributed by atoms with Crippen molar-refractivity contribution in [3.05, 3.63) is 29.0 Å². The average Bonchev–Trinajstić information content (AvgIpc) is 3.00. The lowest BCUT2D eigenvalue weighted by atomic mass is 10.1. The highest BCUT2D eigenvalue weighted by Gasteiger charge is 2.19. The minimum Gasteiger partial charge on any atom is -0.304 e. The Kier molecular flexibility index (Phi) is 4.22. The van der Waals surface area contributed by atoms with Gasteiger partial charge in [0.1, 0.15) is 0 Å². The molecule has 0 saturated heterocycles. The van der Waals surface area contributed by atoms with Crippen LogP contribution in [0.15, 0.2) is 18.5 Å². The first-order chi connectivity index (χ1) is 8.36. The number of aryl methyl sites for hydroxylation is 1. The zero-order valence-electron chi connectivity index (χ0n) is 10.1. The molecule has 0 aromatic carbocycles. The maximum atomic E-state index is 4.31. The highest BCUT2D eigenvalue weighted by atomic mass is 32.1. The number of hydrogen-bond donors (Lipinski definition) is 1. The predicted molar refractivity (Wildman–Crippen MR) is 67.9 cm³/mol. The van der Waals surface area contributed by atoms with Crippen molar-refractivity contribution in [2.24, 2.45) is 0 Å². The van der Waals surface area contributed by atoms with Gasteiger partial charge in [0.25, 0.3) is 0 Å². The molecule has 1 N–H and O–H groups in total. The molecule has 0 radical (unpaired) electrons. The summed E-state index contributed by atoms with van der Waals surface area (Å²) in [6, 6.07) is 2.20. The highest BCUT2D eigenvalue weighted by Crippen LogP contribution is 2.23. The maximum Gasteiger partial charge on any atom is 0.0874 e. The van der Waals surface area contributed by atoms with Gasteiger partial charge < -0.3 is 5.32 Å². The molecule has 2 aromatic heterocycles. The van der Waals surface area contributed by atoms with E-state index in [1.54, 1.807) is 0 Å². The summed E-state index contributed by atoms with van der Waals surface area (Å²) in [4.78, 5) is 1.13. The van der Waals surface area contributed by atoms with Gasteiger partial charge in [-0.05, 0) is 37.5 Å². The number of rotatable bonds is 6. The van der Waals surface area contributed by atoms with Crippen molar-refractivity contribution in [1.29, 1.82) is 0 Å². The van der Waals surface area contributed by atoms with E-state index in [1.807, 2.05) is 17.1 Å². The Labute approximate surface area is 105 Å². The average molecular weight is 251 g/mol. The van der Waals surface area contributed by atoms with Gasteiger partial charge in [-0.2, -0.15) is 5.10 Å². The molecule has 2 aromatic rings. The summed E-state index contributed by atoms with van der Waals surface area (Å²) in [5.74, 6) is 0. The van der Waals surface area contributed by atoms with Crippen LogP contribution in [0.3, 0.4) is 0 Å². The van der Waals surface area contributed by atoms with Gasteiger partial charge in [0.15, 0.2) is 0 Å². The fourth-order valence-electron chi connectivity index (χ4n) is 1.79. The van der Waals surface area contributed by atoms with Crippen molar-refractivity contribution in [2.45, 2.75) is 32.9 Å². The van der Waals surface area contributed by atoms with Crippen LogP contribution in [0.5, 0.6) is 0 Å². The standard InChI is InChI=1S/C11H17N5S/c1-3-6-12-11(10-8-13-15-17-10)9-5-7-14-16(9)4-2/h5,7-8,11-12H,3-4,6H2,1-2H3. The third kappa shape index (κ3) is 2.70. The van der Waals surface area contributed by atoms with Crippen LogP contribution in [0.1, 0.15) is 36.9 Å². The van der Waals surface area contributed by atoms with Crippen LogP contribution in [0, 0.1) is 0 Å². The Hall–Kier alpha value is -1.27. The molecule has 0 aliphatic carbocycles. The van der Waals surface area contributed by atoms with E-state index in [0.29, 0.717) is 0 Å². The molecule has 1 unspecified atom stereocenters. The largest absolute Gasteiger partial charge is 0.304 e. The quantitative estimate of drug-likeness (QED) is 0.851. The molecule has 0 fully saturated rings. The Morgan fingerprint density at radius 2 is 2.35 bits per heavy atom. The molecule has 0 saturated carbocycles. The van der Waals surface area contributed by atoms with Crippen LogP contribution in [-0.4, -0.2) is 25.9 Å². The maximum absolute atomic E-state index is 4.31. The van der Waals surface area contributed by atoms with Gasteiger partial charge in [-0.15, -0.1) is 5.10 Å². The number of nitrogens with one attached hydrogen (secondary N) is 1. The Morgan fingerprint density at radius 3 is 3.00 bits per heavy atom. The van der Waals surface area contributed by atoms with Gasteiger partial charge in [0.2, 0.25) is 0 Å². The van der Waals surface area contributed by atoms with E-state index in [2.05, 4.69) is 39.9 Å². The molecule has 5 nitrogen and oxygen atoms in total. The van der Waals surface area contributed by atoms with Crippen LogP contribution in [0.25, 0.3) is 0 Å². The van der Waals surface area contributed by atoms with E-state index in [0.717, 1.165) is 24.4 Å². The third-order valence-electron chi connectivity index (χ3n) is 2.61. The molecular formula is C11H17N5S. The molecule has 17 heavy (non-hydrogen) atoms. The van der Waals surface area contributed by atoms with Gasteiger partial charge in [-0.3, -0.25) is 4.68 Å². The fraction of sp³-hybridized carbons (Fsp3) is 0.545. The lowest BCUT2D eigenvalue weighted by Gasteiger charge is -2.17. The minimum absolute atomic E-state index is 0.150. The second kappa shape index (κ2) is 5.88. The minimum atomic E-state index is 0.150. The SMILES string of the molecule is CCCNC(c1cnns1)c1ccnn1CC. The molecule has 2 heterocycles. The first-order valence-electron chi connectivity index (χ1n) is 5.89. The van der Waals surface area contributed by atoms with Gasteiger partial charge in [0, 0.05) is 12.7 Å². The van der Waals surface area contributed by atoms with Crippen molar-refractivity contribution in [1.82, 2.24) is 24.7 Å². The summed E-state index contributed by atoms with van der Waals surface area (Å²) < 4.78 is 5.95. The molecule has 0 amide bonds. The van der Waals surface area contributed by atoms with Gasteiger partial charge in [-0.25, -0.2) is 0 Å². The Bertz CT molecular complexity index is 436. The van der Waals surface area contributed by atoms with Crippen molar-refractivity contribution in [3.63, 3.8) is 0 Å². The molecule has 1 atom stereocenters. The summed E-state index contributed by atoms with van der Waals surface area (Å²) in [5.41, 5.74) is 1.17. The van der Waals surface area contributed by atoms with E-state index in [4.69, 9.17) is 0 Å². The first kappa shape index (κ1) is 12.2. The lowest BCUT2D eigenvalue weighted by Crippen LogP contribution is -2.25. The molecule has 0 spiro atoms.